The number of Topliss-reactive ketones (excluding diaryl/α,β-unsaturated/α-hetero) is 1. The lowest BCUT2D eigenvalue weighted by atomic mass is 10.0. The summed E-state index contributed by atoms with van der Waals surface area (Å²) in [6.07, 6.45) is 0.359. The zero-order valence-corrected chi connectivity index (χ0v) is 15.9. The van der Waals surface area contributed by atoms with Crippen molar-refractivity contribution in [2.24, 2.45) is 0 Å². The summed E-state index contributed by atoms with van der Waals surface area (Å²) in [5.74, 6) is -1.80. The van der Waals surface area contributed by atoms with Gasteiger partial charge in [0.05, 0.1) is 6.04 Å². The number of hydrogen-bond donors (Lipinski definition) is 1. The van der Waals surface area contributed by atoms with Gasteiger partial charge in [0.25, 0.3) is 5.91 Å². The van der Waals surface area contributed by atoms with Crippen LogP contribution in [0, 0.1) is 5.82 Å². The van der Waals surface area contributed by atoms with Crippen molar-refractivity contribution in [3.8, 4) is 0 Å². The fourth-order valence-corrected chi connectivity index (χ4v) is 3.64. The second-order valence-corrected chi connectivity index (χ2v) is 7.37. The van der Waals surface area contributed by atoms with Gasteiger partial charge in [0.1, 0.15) is 10.7 Å². The number of rotatable bonds is 7. The molecule has 0 aliphatic carbocycles. The van der Waals surface area contributed by atoms with E-state index in [-0.39, 0.29) is 10.7 Å². The Morgan fingerprint density at radius 1 is 1.11 bits per heavy atom. The Balaban J connectivity index is 1.57. The highest BCUT2D eigenvalue weighted by Crippen LogP contribution is 2.26. The molecular weight excluding hydrogens is 381 g/mol. The lowest BCUT2D eigenvalue weighted by Gasteiger charge is -2.16. The van der Waals surface area contributed by atoms with Crippen molar-refractivity contribution >= 4 is 39.1 Å². The van der Waals surface area contributed by atoms with Crippen LogP contribution in [0.4, 0.5) is 4.39 Å². The number of carbonyl (C=O) groups is 3. The second-order valence-electron chi connectivity index (χ2n) is 6.29. The molecule has 0 unspecified atom stereocenters. The van der Waals surface area contributed by atoms with Gasteiger partial charge >= 0.3 is 5.97 Å². The summed E-state index contributed by atoms with van der Waals surface area (Å²) in [4.78, 5) is 36.4. The number of hydrogen-bond acceptors (Lipinski definition) is 5. The molecular formula is C21H18FNO4S. The molecule has 3 aromatic rings. The highest BCUT2D eigenvalue weighted by Gasteiger charge is 2.19. The summed E-state index contributed by atoms with van der Waals surface area (Å²) in [7, 11) is 0. The van der Waals surface area contributed by atoms with Crippen LogP contribution in [0.25, 0.3) is 10.1 Å². The SMILES string of the molecule is CC(=O)[C@H](Cc1ccccc1)NC(=O)COC(=O)c1cc2cc(F)ccc2s1. The number of carbonyl (C=O) groups excluding carboxylic acids is 3. The van der Waals surface area contributed by atoms with Crippen molar-refractivity contribution in [3.05, 3.63) is 70.9 Å². The van der Waals surface area contributed by atoms with Crippen molar-refractivity contribution in [1.29, 1.82) is 0 Å². The Bertz CT molecular complexity index is 1020. The third-order valence-corrected chi connectivity index (χ3v) is 5.22. The van der Waals surface area contributed by atoms with E-state index in [9.17, 15) is 18.8 Å². The fraction of sp³-hybridized carbons (Fsp3) is 0.190. The fourth-order valence-electron chi connectivity index (χ4n) is 2.70. The highest BCUT2D eigenvalue weighted by molar-refractivity contribution is 7.20. The number of fused-ring (bicyclic) bond motifs is 1. The van der Waals surface area contributed by atoms with Crippen molar-refractivity contribution < 1.29 is 23.5 Å². The van der Waals surface area contributed by atoms with Crippen LogP contribution >= 0.6 is 11.3 Å². The zero-order chi connectivity index (χ0) is 20.1. The van der Waals surface area contributed by atoms with Crippen LogP contribution in [0.2, 0.25) is 0 Å². The van der Waals surface area contributed by atoms with E-state index in [0.29, 0.717) is 11.8 Å². The van der Waals surface area contributed by atoms with E-state index < -0.39 is 30.3 Å². The first-order chi connectivity index (χ1) is 13.4. The lowest BCUT2D eigenvalue weighted by Crippen LogP contribution is -2.43. The molecule has 0 radical (unpaired) electrons. The molecule has 1 amide bonds. The molecule has 1 N–H and O–H groups in total. The number of benzene rings is 2. The number of halogens is 1. The number of ether oxygens (including phenoxy) is 1. The van der Waals surface area contributed by atoms with E-state index in [0.717, 1.165) is 21.6 Å². The van der Waals surface area contributed by atoms with Gasteiger partial charge in [-0.3, -0.25) is 9.59 Å². The van der Waals surface area contributed by atoms with E-state index in [2.05, 4.69) is 5.32 Å². The van der Waals surface area contributed by atoms with Crippen molar-refractivity contribution in [1.82, 2.24) is 5.32 Å². The summed E-state index contributed by atoms with van der Waals surface area (Å²) < 4.78 is 19.0. The summed E-state index contributed by atoms with van der Waals surface area (Å²) >= 11 is 1.16. The Morgan fingerprint density at radius 2 is 1.86 bits per heavy atom. The van der Waals surface area contributed by atoms with Crippen molar-refractivity contribution in [3.63, 3.8) is 0 Å². The standard InChI is InChI=1S/C21H18FNO4S/c1-13(24)17(9-14-5-3-2-4-6-14)23-20(25)12-27-21(26)19-11-15-10-16(22)7-8-18(15)28-19/h2-8,10-11,17H,9,12H2,1H3,(H,23,25)/t17-/m0/s1. The second kappa shape index (κ2) is 8.75. The molecule has 1 atom stereocenters. The Kier molecular flexibility index (Phi) is 6.16. The van der Waals surface area contributed by atoms with Gasteiger partial charge < -0.3 is 10.1 Å². The first kappa shape index (κ1) is 19.7. The quantitative estimate of drug-likeness (QED) is 0.617. The van der Waals surface area contributed by atoms with Crippen LogP contribution in [-0.4, -0.2) is 30.3 Å². The molecule has 3 rings (SSSR count). The third-order valence-electron chi connectivity index (χ3n) is 4.12. The summed E-state index contributed by atoms with van der Waals surface area (Å²) in [6, 6.07) is 14.4. The van der Waals surface area contributed by atoms with E-state index in [1.165, 1.54) is 25.1 Å². The maximum atomic E-state index is 13.3. The highest BCUT2D eigenvalue weighted by atomic mass is 32.1. The molecule has 0 aliphatic rings. The van der Waals surface area contributed by atoms with Crippen LogP contribution in [-0.2, 0) is 20.7 Å². The minimum absolute atomic E-state index is 0.185. The van der Waals surface area contributed by atoms with E-state index >= 15 is 0 Å². The van der Waals surface area contributed by atoms with Crippen molar-refractivity contribution in [2.75, 3.05) is 6.61 Å². The van der Waals surface area contributed by atoms with Crippen LogP contribution < -0.4 is 5.32 Å². The minimum Gasteiger partial charge on any atom is -0.451 e. The first-order valence-corrected chi connectivity index (χ1v) is 9.44. The molecule has 0 fully saturated rings. The molecule has 0 bridgehead atoms. The third kappa shape index (κ3) is 5.01. The molecule has 0 spiro atoms. The predicted molar refractivity (Wildman–Crippen MR) is 105 cm³/mol. The Hall–Kier alpha value is -3.06. The van der Waals surface area contributed by atoms with Crippen LogP contribution in [0.3, 0.4) is 0 Å². The van der Waals surface area contributed by atoms with E-state index in [1.807, 2.05) is 30.3 Å². The van der Waals surface area contributed by atoms with Crippen LogP contribution in [0.1, 0.15) is 22.2 Å². The summed E-state index contributed by atoms with van der Waals surface area (Å²) in [5.41, 5.74) is 0.914. The lowest BCUT2D eigenvalue weighted by molar-refractivity contribution is -0.128. The number of nitrogens with one attached hydrogen (secondary N) is 1. The number of amides is 1. The normalized spacial score (nSPS) is 11.8. The average molecular weight is 399 g/mol. The maximum absolute atomic E-state index is 13.3. The van der Waals surface area contributed by atoms with Crippen molar-refractivity contribution in [2.45, 2.75) is 19.4 Å². The first-order valence-electron chi connectivity index (χ1n) is 8.62. The molecule has 2 aromatic carbocycles. The summed E-state index contributed by atoms with van der Waals surface area (Å²) in [5, 5.41) is 3.19. The molecule has 1 heterocycles. The molecule has 5 nitrogen and oxygen atoms in total. The molecule has 0 saturated heterocycles. The van der Waals surface area contributed by atoms with Gasteiger partial charge in [-0.25, -0.2) is 9.18 Å². The number of esters is 1. The molecule has 1 aromatic heterocycles. The van der Waals surface area contributed by atoms with Gasteiger partial charge in [-0.05, 0) is 48.6 Å². The molecule has 0 saturated carbocycles. The monoisotopic (exact) mass is 399 g/mol. The zero-order valence-electron chi connectivity index (χ0n) is 15.1. The van der Waals surface area contributed by atoms with Gasteiger partial charge in [0.2, 0.25) is 0 Å². The van der Waals surface area contributed by atoms with Gasteiger partial charge in [0, 0.05) is 4.70 Å². The maximum Gasteiger partial charge on any atom is 0.348 e. The topological polar surface area (TPSA) is 72.5 Å². The van der Waals surface area contributed by atoms with E-state index in [1.54, 1.807) is 6.07 Å². The van der Waals surface area contributed by atoms with E-state index in [4.69, 9.17) is 4.74 Å². The number of ketones is 1. The van der Waals surface area contributed by atoms with Gasteiger partial charge in [-0.2, -0.15) is 0 Å². The molecule has 144 valence electrons. The Morgan fingerprint density at radius 3 is 2.57 bits per heavy atom. The number of thiophene rings is 1. The smallest absolute Gasteiger partial charge is 0.348 e. The van der Waals surface area contributed by atoms with Gasteiger partial charge in [-0.1, -0.05) is 30.3 Å². The van der Waals surface area contributed by atoms with Crippen LogP contribution in [0.15, 0.2) is 54.6 Å². The largest absolute Gasteiger partial charge is 0.451 e. The van der Waals surface area contributed by atoms with Gasteiger partial charge in [0.15, 0.2) is 12.4 Å². The average Bonchev–Trinajstić information content (AvgIpc) is 3.09. The molecule has 28 heavy (non-hydrogen) atoms. The summed E-state index contributed by atoms with van der Waals surface area (Å²) in [6.45, 7) is 0.899. The Labute approximate surface area is 165 Å². The van der Waals surface area contributed by atoms with Crippen LogP contribution in [0.5, 0.6) is 0 Å². The van der Waals surface area contributed by atoms with Gasteiger partial charge in [-0.15, -0.1) is 11.3 Å². The molecule has 7 heteroatoms. The minimum atomic E-state index is -0.694. The predicted octanol–water partition coefficient (Wildman–Crippen LogP) is 3.51. The molecule has 0 aliphatic heterocycles.